The van der Waals surface area contributed by atoms with E-state index >= 15 is 0 Å². The molecule has 3 N–H and O–H groups in total. The van der Waals surface area contributed by atoms with Gasteiger partial charge in [-0.2, -0.15) is 0 Å². The number of aliphatic hydroxyl groups is 2. The normalized spacial score (nSPS) is 13.5. The first-order valence-electron chi connectivity index (χ1n) is 7.75. The van der Waals surface area contributed by atoms with Crippen molar-refractivity contribution in [3.63, 3.8) is 0 Å². The molecule has 0 aliphatic carbocycles. The summed E-state index contributed by atoms with van der Waals surface area (Å²) in [5, 5.41) is 28.6. The van der Waals surface area contributed by atoms with Gasteiger partial charge in [0.05, 0.1) is 25.3 Å². The van der Waals surface area contributed by atoms with E-state index < -0.39 is 18.2 Å². The maximum atomic E-state index is 11.2. The first kappa shape index (κ1) is 18.0. The summed E-state index contributed by atoms with van der Waals surface area (Å²) in [6, 6.07) is 6.94. The molecule has 2 heterocycles. The van der Waals surface area contributed by atoms with E-state index in [1.54, 1.807) is 25.3 Å². The molecule has 2 atom stereocenters. The van der Waals surface area contributed by atoms with E-state index in [-0.39, 0.29) is 13.2 Å². The van der Waals surface area contributed by atoms with Crippen LogP contribution in [0.3, 0.4) is 0 Å². The van der Waals surface area contributed by atoms with Crippen molar-refractivity contribution in [3.05, 3.63) is 47.4 Å². The predicted octanol–water partition coefficient (Wildman–Crippen LogP) is 1.88. The Morgan fingerprint density at radius 3 is 2.33 bits per heavy atom. The number of nitrogens with zero attached hydrogens (tertiary/aromatic N) is 3. The highest BCUT2D eigenvalue weighted by molar-refractivity contribution is 5.65. The summed E-state index contributed by atoms with van der Waals surface area (Å²) < 4.78 is 1.99. The molecule has 0 saturated carbocycles. The minimum absolute atomic E-state index is 0.125. The molecule has 0 unspecified atom stereocenters. The first-order chi connectivity index (χ1) is 11.3. The van der Waals surface area contributed by atoms with Crippen LogP contribution in [0.4, 0.5) is 4.79 Å². The monoisotopic (exact) mass is 333 g/mol. The third kappa shape index (κ3) is 3.74. The highest BCUT2D eigenvalue weighted by Gasteiger charge is 2.23. The van der Waals surface area contributed by atoms with E-state index in [0.29, 0.717) is 5.56 Å². The lowest BCUT2D eigenvalue weighted by molar-refractivity contribution is 0.0632. The molecule has 2 rings (SSSR count). The standard InChI is InChI=1S/C17H23N3O4/c1-11-4-5-12(2)20(11)16-7-6-14(8-18-16)15(22)9-19(17(23)24)13(3)10-21/h4-8,13,15,21-22H,9-10H2,1-3H3,(H,23,24)/t13-,15+/m0/s1. The molecular formula is C17H23N3O4. The fourth-order valence-corrected chi connectivity index (χ4v) is 2.59. The third-order valence-electron chi connectivity index (χ3n) is 4.07. The molecule has 24 heavy (non-hydrogen) atoms. The average Bonchev–Trinajstić information content (AvgIpc) is 2.90. The van der Waals surface area contributed by atoms with Crippen LogP contribution in [0.5, 0.6) is 0 Å². The largest absolute Gasteiger partial charge is 0.465 e. The van der Waals surface area contributed by atoms with Crippen molar-refractivity contribution >= 4 is 6.09 Å². The Morgan fingerprint density at radius 2 is 1.88 bits per heavy atom. The number of carbonyl (C=O) groups is 1. The van der Waals surface area contributed by atoms with Gasteiger partial charge in [-0.25, -0.2) is 9.78 Å². The number of carboxylic acid groups (broad SMARTS) is 1. The number of rotatable bonds is 6. The van der Waals surface area contributed by atoms with Crippen LogP contribution in [-0.2, 0) is 0 Å². The molecule has 0 aromatic carbocycles. The van der Waals surface area contributed by atoms with Gasteiger partial charge in [0.2, 0.25) is 0 Å². The average molecular weight is 333 g/mol. The summed E-state index contributed by atoms with van der Waals surface area (Å²) in [5.41, 5.74) is 2.64. The molecule has 130 valence electrons. The number of pyridine rings is 1. The van der Waals surface area contributed by atoms with Crippen molar-refractivity contribution in [2.24, 2.45) is 0 Å². The molecule has 0 bridgehead atoms. The van der Waals surface area contributed by atoms with Crippen LogP contribution in [0.15, 0.2) is 30.5 Å². The van der Waals surface area contributed by atoms with Crippen LogP contribution < -0.4 is 0 Å². The van der Waals surface area contributed by atoms with Crippen molar-refractivity contribution in [1.29, 1.82) is 0 Å². The van der Waals surface area contributed by atoms with Gasteiger partial charge >= 0.3 is 6.09 Å². The molecule has 0 radical (unpaired) electrons. The molecule has 1 amide bonds. The molecule has 0 aliphatic rings. The fraction of sp³-hybridized carbons (Fsp3) is 0.412. The zero-order valence-corrected chi connectivity index (χ0v) is 14.0. The predicted molar refractivity (Wildman–Crippen MR) is 89.3 cm³/mol. The van der Waals surface area contributed by atoms with Crippen LogP contribution in [0.2, 0.25) is 0 Å². The Labute approximate surface area is 140 Å². The summed E-state index contributed by atoms with van der Waals surface area (Å²) in [5.74, 6) is 0.741. The molecule has 2 aromatic heterocycles. The molecule has 7 nitrogen and oxygen atoms in total. The number of hydrogen-bond acceptors (Lipinski definition) is 4. The van der Waals surface area contributed by atoms with E-state index in [4.69, 9.17) is 5.11 Å². The van der Waals surface area contributed by atoms with Crippen LogP contribution in [-0.4, -0.2) is 55.1 Å². The summed E-state index contributed by atoms with van der Waals surface area (Å²) in [6.45, 7) is 5.12. The van der Waals surface area contributed by atoms with Crippen LogP contribution in [0.1, 0.15) is 30.0 Å². The molecule has 0 spiro atoms. The van der Waals surface area contributed by atoms with Crippen LogP contribution in [0.25, 0.3) is 5.82 Å². The lowest BCUT2D eigenvalue weighted by Gasteiger charge is -2.27. The first-order valence-corrected chi connectivity index (χ1v) is 7.75. The van der Waals surface area contributed by atoms with Crippen molar-refractivity contribution in [2.45, 2.75) is 32.9 Å². The zero-order chi connectivity index (χ0) is 17.9. The highest BCUT2D eigenvalue weighted by Crippen LogP contribution is 2.19. The summed E-state index contributed by atoms with van der Waals surface area (Å²) >= 11 is 0. The quantitative estimate of drug-likeness (QED) is 0.750. The minimum Gasteiger partial charge on any atom is -0.465 e. The van der Waals surface area contributed by atoms with E-state index in [0.717, 1.165) is 22.1 Å². The second-order valence-electron chi connectivity index (χ2n) is 5.88. The topological polar surface area (TPSA) is 98.8 Å². The number of aryl methyl sites for hydroxylation is 2. The Bertz CT molecular complexity index is 677. The van der Waals surface area contributed by atoms with Gasteiger partial charge in [-0.05, 0) is 39.0 Å². The Hall–Kier alpha value is -2.38. The Morgan fingerprint density at radius 1 is 1.25 bits per heavy atom. The van der Waals surface area contributed by atoms with Gasteiger partial charge in [-0.3, -0.25) is 0 Å². The third-order valence-corrected chi connectivity index (χ3v) is 4.07. The molecule has 2 aromatic rings. The van der Waals surface area contributed by atoms with E-state index in [1.807, 2.05) is 30.5 Å². The SMILES string of the molecule is Cc1ccc(C)n1-c1ccc([C@H](O)CN(C(=O)O)[C@@H](C)CO)cn1. The van der Waals surface area contributed by atoms with Crippen LogP contribution in [0, 0.1) is 13.8 Å². The maximum absolute atomic E-state index is 11.2. The smallest absolute Gasteiger partial charge is 0.407 e. The maximum Gasteiger partial charge on any atom is 0.407 e. The summed E-state index contributed by atoms with van der Waals surface area (Å²) in [6.07, 6.45) is -0.648. The van der Waals surface area contributed by atoms with Crippen LogP contribution >= 0.6 is 0 Å². The van der Waals surface area contributed by atoms with Crippen molar-refractivity contribution in [2.75, 3.05) is 13.2 Å². The summed E-state index contributed by atoms with van der Waals surface area (Å²) in [7, 11) is 0. The Balaban J connectivity index is 2.17. The second kappa shape index (κ2) is 7.46. The number of amides is 1. The fourth-order valence-electron chi connectivity index (χ4n) is 2.59. The molecular weight excluding hydrogens is 310 g/mol. The van der Waals surface area contributed by atoms with Gasteiger partial charge in [0.15, 0.2) is 0 Å². The van der Waals surface area contributed by atoms with Gasteiger partial charge < -0.3 is 24.8 Å². The van der Waals surface area contributed by atoms with Gasteiger partial charge in [0, 0.05) is 23.1 Å². The lowest BCUT2D eigenvalue weighted by Crippen LogP contribution is -2.42. The van der Waals surface area contributed by atoms with E-state index in [1.165, 1.54) is 0 Å². The lowest BCUT2D eigenvalue weighted by atomic mass is 10.1. The Kier molecular flexibility index (Phi) is 5.58. The van der Waals surface area contributed by atoms with E-state index in [2.05, 4.69) is 4.98 Å². The number of aromatic nitrogens is 2. The molecule has 0 saturated heterocycles. The minimum atomic E-state index is -1.18. The number of hydrogen-bond donors (Lipinski definition) is 3. The van der Waals surface area contributed by atoms with E-state index in [9.17, 15) is 15.0 Å². The highest BCUT2D eigenvalue weighted by atomic mass is 16.4. The zero-order valence-electron chi connectivity index (χ0n) is 14.0. The van der Waals surface area contributed by atoms with Crippen molar-refractivity contribution in [1.82, 2.24) is 14.5 Å². The van der Waals surface area contributed by atoms with Gasteiger partial charge in [-0.1, -0.05) is 6.07 Å². The van der Waals surface area contributed by atoms with Crippen molar-refractivity contribution in [3.8, 4) is 5.82 Å². The molecule has 7 heteroatoms. The van der Waals surface area contributed by atoms with Gasteiger partial charge in [0.1, 0.15) is 5.82 Å². The van der Waals surface area contributed by atoms with Gasteiger partial charge in [0.25, 0.3) is 0 Å². The van der Waals surface area contributed by atoms with Gasteiger partial charge in [-0.15, -0.1) is 0 Å². The second-order valence-corrected chi connectivity index (χ2v) is 5.88. The summed E-state index contributed by atoms with van der Waals surface area (Å²) in [4.78, 5) is 16.6. The van der Waals surface area contributed by atoms with Crippen molar-refractivity contribution < 1.29 is 20.1 Å². The number of aliphatic hydroxyl groups excluding tert-OH is 2. The molecule has 0 fully saturated rings. The molecule has 0 aliphatic heterocycles.